The van der Waals surface area contributed by atoms with Gasteiger partial charge in [0.05, 0.1) is 11.9 Å². The van der Waals surface area contributed by atoms with Gasteiger partial charge in [-0.15, -0.1) is 5.10 Å². The number of rotatable bonds is 7. The van der Waals surface area contributed by atoms with Crippen LogP contribution in [-0.4, -0.2) is 50.1 Å². The van der Waals surface area contributed by atoms with Crippen molar-refractivity contribution < 1.29 is 14.3 Å². The zero-order valence-corrected chi connectivity index (χ0v) is 12.7. The Bertz CT molecular complexity index is 667. The Balaban J connectivity index is 1.72. The van der Waals surface area contributed by atoms with E-state index in [9.17, 15) is 9.18 Å². The topological polar surface area (TPSA) is 71.2 Å². The molecule has 1 amide bonds. The highest BCUT2D eigenvalue weighted by Gasteiger charge is 2.33. The van der Waals surface area contributed by atoms with Crippen molar-refractivity contribution in [1.82, 2.24) is 19.9 Å². The number of aromatic nitrogens is 3. The quantitative estimate of drug-likeness (QED) is 0.790. The van der Waals surface area contributed by atoms with Gasteiger partial charge in [-0.3, -0.25) is 4.79 Å². The highest BCUT2D eigenvalue weighted by Crippen LogP contribution is 2.28. The standard InChI is InChI=1S/C16H19FN4O2/c17-12-3-5-14(6-4-12)21-11-15(18-19-21)16(23)20(13-7-8-13)9-1-2-10-22/h3-6,11,13,22H,1-2,7-10H2. The fraction of sp³-hybridized carbons (Fsp3) is 0.438. The van der Waals surface area contributed by atoms with Crippen molar-refractivity contribution >= 4 is 5.91 Å². The minimum absolute atomic E-state index is 0.132. The van der Waals surface area contributed by atoms with Crippen molar-refractivity contribution in [3.8, 4) is 5.69 Å². The molecule has 0 atom stereocenters. The summed E-state index contributed by atoms with van der Waals surface area (Å²) in [4.78, 5) is 14.4. The van der Waals surface area contributed by atoms with E-state index in [-0.39, 0.29) is 30.1 Å². The van der Waals surface area contributed by atoms with Crippen LogP contribution in [0, 0.1) is 5.82 Å². The molecular formula is C16H19FN4O2. The van der Waals surface area contributed by atoms with Gasteiger partial charge in [-0.1, -0.05) is 5.21 Å². The second-order valence-corrected chi connectivity index (χ2v) is 5.69. The number of hydrogen-bond donors (Lipinski definition) is 1. The Kier molecular flexibility index (Phi) is 4.66. The number of nitrogens with zero attached hydrogens (tertiary/aromatic N) is 4. The second kappa shape index (κ2) is 6.87. The Labute approximate surface area is 133 Å². The van der Waals surface area contributed by atoms with Crippen LogP contribution < -0.4 is 0 Å². The zero-order chi connectivity index (χ0) is 16.2. The number of hydrogen-bond acceptors (Lipinski definition) is 4. The molecule has 0 spiro atoms. The van der Waals surface area contributed by atoms with Gasteiger partial charge in [0.1, 0.15) is 5.82 Å². The van der Waals surface area contributed by atoms with Gasteiger partial charge in [-0.25, -0.2) is 9.07 Å². The zero-order valence-electron chi connectivity index (χ0n) is 12.7. The molecule has 6 nitrogen and oxygen atoms in total. The van der Waals surface area contributed by atoms with E-state index in [1.807, 2.05) is 4.90 Å². The Morgan fingerprint density at radius 3 is 2.70 bits per heavy atom. The van der Waals surface area contributed by atoms with Crippen LogP contribution >= 0.6 is 0 Å². The van der Waals surface area contributed by atoms with Crippen molar-refractivity contribution in [2.75, 3.05) is 13.2 Å². The van der Waals surface area contributed by atoms with Crippen LogP contribution in [0.3, 0.4) is 0 Å². The first-order chi connectivity index (χ1) is 11.2. The smallest absolute Gasteiger partial charge is 0.276 e. The maximum atomic E-state index is 13.0. The summed E-state index contributed by atoms with van der Waals surface area (Å²) in [5.74, 6) is -0.465. The summed E-state index contributed by atoms with van der Waals surface area (Å²) in [6.07, 6.45) is 5.04. The van der Waals surface area contributed by atoms with Gasteiger partial charge in [-0.2, -0.15) is 0 Å². The average Bonchev–Trinajstić information content (AvgIpc) is 3.27. The van der Waals surface area contributed by atoms with Gasteiger partial charge in [0.15, 0.2) is 5.69 Å². The van der Waals surface area contributed by atoms with E-state index in [1.54, 1.807) is 18.3 Å². The summed E-state index contributed by atoms with van der Waals surface area (Å²) in [5.41, 5.74) is 0.932. The summed E-state index contributed by atoms with van der Waals surface area (Å²) in [6, 6.07) is 6.11. The summed E-state index contributed by atoms with van der Waals surface area (Å²) < 4.78 is 14.4. The number of aliphatic hydroxyl groups excluding tert-OH is 1. The SMILES string of the molecule is O=C(c1cn(-c2ccc(F)cc2)nn1)N(CCCCO)C1CC1. The lowest BCUT2D eigenvalue weighted by Gasteiger charge is -2.20. The molecule has 0 unspecified atom stereocenters. The van der Waals surface area contributed by atoms with E-state index in [0.29, 0.717) is 18.7 Å². The van der Waals surface area contributed by atoms with Crippen molar-refractivity contribution in [3.63, 3.8) is 0 Å². The number of amides is 1. The predicted molar refractivity (Wildman–Crippen MR) is 81.7 cm³/mol. The maximum absolute atomic E-state index is 13.0. The summed E-state index contributed by atoms with van der Waals surface area (Å²) in [7, 11) is 0. The van der Waals surface area contributed by atoms with Crippen molar-refractivity contribution in [2.45, 2.75) is 31.7 Å². The molecule has 0 saturated heterocycles. The van der Waals surface area contributed by atoms with Gasteiger partial charge in [0.25, 0.3) is 5.91 Å². The Morgan fingerprint density at radius 1 is 1.30 bits per heavy atom. The second-order valence-electron chi connectivity index (χ2n) is 5.69. The number of halogens is 1. The van der Waals surface area contributed by atoms with E-state index >= 15 is 0 Å². The largest absolute Gasteiger partial charge is 0.396 e. The van der Waals surface area contributed by atoms with Gasteiger partial charge >= 0.3 is 0 Å². The van der Waals surface area contributed by atoms with Crippen LogP contribution in [0.15, 0.2) is 30.5 Å². The lowest BCUT2D eigenvalue weighted by atomic mass is 10.2. The first-order valence-electron chi connectivity index (χ1n) is 7.79. The third kappa shape index (κ3) is 3.73. The fourth-order valence-corrected chi connectivity index (χ4v) is 2.46. The highest BCUT2D eigenvalue weighted by atomic mass is 19.1. The summed E-state index contributed by atoms with van der Waals surface area (Å²) in [5, 5.41) is 16.8. The first-order valence-corrected chi connectivity index (χ1v) is 7.79. The monoisotopic (exact) mass is 318 g/mol. The van der Waals surface area contributed by atoms with Crippen LogP contribution in [0.2, 0.25) is 0 Å². The van der Waals surface area contributed by atoms with Gasteiger partial charge in [0, 0.05) is 19.2 Å². The minimum Gasteiger partial charge on any atom is -0.396 e. The molecule has 1 fully saturated rings. The van der Waals surface area contributed by atoms with E-state index < -0.39 is 0 Å². The molecule has 2 aromatic rings. The Morgan fingerprint density at radius 2 is 2.04 bits per heavy atom. The average molecular weight is 318 g/mol. The summed E-state index contributed by atoms with van der Waals surface area (Å²) in [6.45, 7) is 0.751. The van der Waals surface area contributed by atoms with E-state index in [4.69, 9.17) is 5.11 Å². The van der Waals surface area contributed by atoms with E-state index in [0.717, 1.165) is 19.3 Å². The molecule has 1 aliphatic rings. The third-order valence-corrected chi connectivity index (χ3v) is 3.86. The van der Waals surface area contributed by atoms with E-state index in [1.165, 1.54) is 16.8 Å². The number of carbonyl (C=O) groups is 1. The van der Waals surface area contributed by atoms with Crippen molar-refractivity contribution in [3.05, 3.63) is 42.0 Å². The first kappa shape index (κ1) is 15.6. The molecule has 3 rings (SSSR count). The molecule has 122 valence electrons. The van der Waals surface area contributed by atoms with Crippen molar-refractivity contribution in [1.29, 1.82) is 0 Å². The van der Waals surface area contributed by atoms with Crippen LogP contribution in [0.4, 0.5) is 4.39 Å². The molecule has 1 aromatic carbocycles. The highest BCUT2D eigenvalue weighted by molar-refractivity contribution is 5.92. The van der Waals surface area contributed by atoms with E-state index in [2.05, 4.69) is 10.3 Å². The molecule has 1 saturated carbocycles. The molecule has 1 aliphatic carbocycles. The number of aliphatic hydroxyl groups is 1. The number of carbonyl (C=O) groups excluding carboxylic acids is 1. The third-order valence-electron chi connectivity index (χ3n) is 3.86. The van der Waals surface area contributed by atoms with Gasteiger partial charge in [-0.05, 0) is 49.9 Å². The molecular weight excluding hydrogens is 299 g/mol. The fourth-order valence-electron chi connectivity index (χ4n) is 2.46. The van der Waals surface area contributed by atoms with Gasteiger partial charge in [0.2, 0.25) is 0 Å². The number of unbranched alkanes of at least 4 members (excludes halogenated alkanes) is 1. The Hall–Kier alpha value is -2.28. The molecule has 0 bridgehead atoms. The van der Waals surface area contributed by atoms with Crippen LogP contribution in [-0.2, 0) is 0 Å². The normalized spacial score (nSPS) is 14.0. The van der Waals surface area contributed by atoms with Crippen LogP contribution in [0.25, 0.3) is 5.69 Å². The molecule has 0 aliphatic heterocycles. The molecule has 7 heteroatoms. The molecule has 1 aromatic heterocycles. The molecule has 1 heterocycles. The predicted octanol–water partition coefficient (Wildman–Crippen LogP) is 1.78. The molecule has 23 heavy (non-hydrogen) atoms. The minimum atomic E-state index is -0.325. The number of benzene rings is 1. The van der Waals surface area contributed by atoms with Crippen molar-refractivity contribution in [2.24, 2.45) is 0 Å². The summed E-state index contributed by atoms with van der Waals surface area (Å²) >= 11 is 0. The van der Waals surface area contributed by atoms with Crippen LogP contribution in [0.5, 0.6) is 0 Å². The van der Waals surface area contributed by atoms with Gasteiger partial charge < -0.3 is 10.0 Å². The maximum Gasteiger partial charge on any atom is 0.276 e. The molecule has 1 N–H and O–H groups in total. The lowest BCUT2D eigenvalue weighted by Crippen LogP contribution is -2.34. The van der Waals surface area contributed by atoms with Crippen LogP contribution in [0.1, 0.15) is 36.2 Å². The lowest BCUT2D eigenvalue weighted by molar-refractivity contribution is 0.0731. The molecule has 0 radical (unpaired) electrons.